The Bertz CT molecular complexity index is 844. The summed E-state index contributed by atoms with van der Waals surface area (Å²) in [6.07, 6.45) is 0. The van der Waals surface area contributed by atoms with Crippen LogP contribution in [0.5, 0.6) is 5.75 Å². The van der Waals surface area contributed by atoms with E-state index in [9.17, 15) is 13.2 Å². The molecule has 0 heterocycles. The van der Waals surface area contributed by atoms with Crippen molar-refractivity contribution >= 4 is 21.6 Å². The third-order valence-electron chi connectivity index (χ3n) is 3.96. The standard InChI is InChI=1S/C19H24N2O4S/c1-4-21(5-2)26(23,24)17-12-10-16(11-13-17)25-14-19(22)20-18-9-7-6-8-15(18)3/h6-13H,4-5,14H2,1-3H3,(H,20,22). The number of nitrogens with zero attached hydrogens (tertiary/aromatic N) is 1. The summed E-state index contributed by atoms with van der Waals surface area (Å²) in [5, 5.41) is 2.78. The minimum atomic E-state index is -3.50. The summed E-state index contributed by atoms with van der Waals surface area (Å²) in [4.78, 5) is 12.2. The fourth-order valence-corrected chi connectivity index (χ4v) is 3.93. The number of hydrogen-bond acceptors (Lipinski definition) is 4. The van der Waals surface area contributed by atoms with Crippen molar-refractivity contribution in [1.29, 1.82) is 0 Å². The summed E-state index contributed by atoms with van der Waals surface area (Å²) in [5.41, 5.74) is 1.70. The molecule has 2 aromatic rings. The highest BCUT2D eigenvalue weighted by atomic mass is 32.2. The number of sulfonamides is 1. The Morgan fingerprint density at radius 2 is 1.65 bits per heavy atom. The molecule has 0 atom stereocenters. The van der Waals surface area contributed by atoms with Gasteiger partial charge in [-0.25, -0.2) is 8.42 Å². The highest BCUT2D eigenvalue weighted by molar-refractivity contribution is 7.89. The summed E-state index contributed by atoms with van der Waals surface area (Å²) in [7, 11) is -3.50. The molecule has 26 heavy (non-hydrogen) atoms. The molecule has 140 valence electrons. The van der Waals surface area contributed by atoms with Gasteiger partial charge in [-0.2, -0.15) is 4.31 Å². The zero-order valence-electron chi connectivity index (χ0n) is 15.2. The molecule has 0 fully saturated rings. The second kappa shape index (κ2) is 8.82. The Kier molecular flexibility index (Phi) is 6.76. The Balaban J connectivity index is 1.97. The third-order valence-corrected chi connectivity index (χ3v) is 6.02. The van der Waals surface area contributed by atoms with E-state index in [4.69, 9.17) is 4.74 Å². The van der Waals surface area contributed by atoms with Crippen molar-refractivity contribution < 1.29 is 17.9 Å². The molecule has 1 N–H and O–H groups in total. The molecule has 0 saturated carbocycles. The molecule has 0 spiro atoms. The molecule has 0 aliphatic heterocycles. The summed E-state index contributed by atoms with van der Waals surface area (Å²) in [6, 6.07) is 13.6. The smallest absolute Gasteiger partial charge is 0.262 e. The quantitative estimate of drug-likeness (QED) is 0.768. The molecule has 0 unspecified atom stereocenters. The molecule has 0 radical (unpaired) electrons. The number of ether oxygens (including phenoxy) is 1. The van der Waals surface area contributed by atoms with Gasteiger partial charge < -0.3 is 10.1 Å². The first-order valence-corrected chi connectivity index (χ1v) is 9.91. The lowest BCUT2D eigenvalue weighted by Gasteiger charge is -2.18. The summed E-state index contributed by atoms with van der Waals surface area (Å²) >= 11 is 0. The zero-order valence-corrected chi connectivity index (χ0v) is 16.0. The molecule has 0 saturated heterocycles. The van der Waals surface area contributed by atoms with Crippen LogP contribution in [-0.2, 0) is 14.8 Å². The van der Waals surface area contributed by atoms with Crippen molar-refractivity contribution in [3.05, 3.63) is 54.1 Å². The van der Waals surface area contributed by atoms with Crippen LogP contribution >= 0.6 is 0 Å². The highest BCUT2D eigenvalue weighted by Gasteiger charge is 2.21. The second-order valence-corrected chi connectivity index (χ2v) is 7.65. The van der Waals surface area contributed by atoms with E-state index in [0.717, 1.165) is 11.3 Å². The zero-order chi connectivity index (χ0) is 19.2. The average Bonchev–Trinajstić information content (AvgIpc) is 2.63. The molecule has 2 rings (SSSR count). The van der Waals surface area contributed by atoms with Crippen molar-refractivity contribution in [3.8, 4) is 5.75 Å². The monoisotopic (exact) mass is 376 g/mol. The van der Waals surface area contributed by atoms with Crippen molar-refractivity contribution in [2.75, 3.05) is 25.0 Å². The number of carbonyl (C=O) groups is 1. The molecule has 0 aliphatic carbocycles. The van der Waals surface area contributed by atoms with Crippen LogP contribution in [0.4, 0.5) is 5.69 Å². The van der Waals surface area contributed by atoms with Gasteiger partial charge >= 0.3 is 0 Å². The Morgan fingerprint density at radius 1 is 1.04 bits per heavy atom. The van der Waals surface area contributed by atoms with E-state index >= 15 is 0 Å². The normalized spacial score (nSPS) is 11.4. The molecular formula is C19H24N2O4S. The second-order valence-electron chi connectivity index (χ2n) is 5.71. The van der Waals surface area contributed by atoms with Crippen molar-refractivity contribution in [2.45, 2.75) is 25.7 Å². The molecule has 0 aromatic heterocycles. The van der Waals surface area contributed by atoms with Gasteiger partial charge in [-0.3, -0.25) is 4.79 Å². The molecule has 2 aromatic carbocycles. The maximum atomic E-state index is 12.4. The number of hydrogen-bond donors (Lipinski definition) is 1. The topological polar surface area (TPSA) is 75.7 Å². The van der Waals surface area contributed by atoms with Crippen LogP contribution in [-0.4, -0.2) is 38.3 Å². The number of anilines is 1. The van der Waals surface area contributed by atoms with E-state index in [-0.39, 0.29) is 17.4 Å². The number of amides is 1. The summed E-state index contributed by atoms with van der Waals surface area (Å²) < 4.78 is 31.7. The first kappa shape index (κ1) is 19.9. The molecule has 0 aliphatic rings. The first-order valence-electron chi connectivity index (χ1n) is 8.47. The van der Waals surface area contributed by atoms with Crippen molar-refractivity contribution in [2.24, 2.45) is 0 Å². The summed E-state index contributed by atoms with van der Waals surface area (Å²) in [5.74, 6) is 0.155. The Hall–Kier alpha value is -2.38. The van der Waals surface area contributed by atoms with Gasteiger partial charge in [0.15, 0.2) is 6.61 Å². The van der Waals surface area contributed by atoms with Crippen LogP contribution in [0.3, 0.4) is 0 Å². The lowest BCUT2D eigenvalue weighted by Crippen LogP contribution is -2.30. The number of carbonyl (C=O) groups excluding carboxylic acids is 1. The van der Waals surface area contributed by atoms with Gasteiger partial charge in [-0.05, 0) is 42.8 Å². The number of rotatable bonds is 8. The molecule has 0 bridgehead atoms. The minimum absolute atomic E-state index is 0.156. The van der Waals surface area contributed by atoms with Crippen LogP contribution in [0.2, 0.25) is 0 Å². The van der Waals surface area contributed by atoms with E-state index < -0.39 is 10.0 Å². The predicted octanol–water partition coefficient (Wildman–Crippen LogP) is 3.04. The minimum Gasteiger partial charge on any atom is -0.484 e. The average molecular weight is 376 g/mol. The highest BCUT2D eigenvalue weighted by Crippen LogP contribution is 2.19. The van der Waals surface area contributed by atoms with Gasteiger partial charge in [0.1, 0.15) is 5.75 Å². The number of para-hydroxylation sites is 1. The van der Waals surface area contributed by atoms with Gasteiger partial charge in [-0.1, -0.05) is 32.0 Å². The van der Waals surface area contributed by atoms with Crippen LogP contribution in [0.1, 0.15) is 19.4 Å². The third kappa shape index (κ3) is 4.83. The van der Waals surface area contributed by atoms with E-state index in [1.54, 1.807) is 26.0 Å². The van der Waals surface area contributed by atoms with Crippen LogP contribution < -0.4 is 10.1 Å². The number of benzene rings is 2. The van der Waals surface area contributed by atoms with Gasteiger partial charge in [-0.15, -0.1) is 0 Å². The Morgan fingerprint density at radius 3 is 2.23 bits per heavy atom. The van der Waals surface area contributed by atoms with Gasteiger partial charge in [0.25, 0.3) is 5.91 Å². The van der Waals surface area contributed by atoms with E-state index in [2.05, 4.69) is 5.32 Å². The number of nitrogens with one attached hydrogen (secondary N) is 1. The maximum absolute atomic E-state index is 12.4. The fourth-order valence-electron chi connectivity index (χ4n) is 2.47. The predicted molar refractivity (Wildman–Crippen MR) is 102 cm³/mol. The van der Waals surface area contributed by atoms with Gasteiger partial charge in [0.2, 0.25) is 10.0 Å². The van der Waals surface area contributed by atoms with Crippen LogP contribution in [0.25, 0.3) is 0 Å². The first-order chi connectivity index (χ1) is 12.4. The molecular weight excluding hydrogens is 352 g/mol. The molecule has 1 amide bonds. The Labute approximate surface area is 154 Å². The largest absolute Gasteiger partial charge is 0.484 e. The van der Waals surface area contributed by atoms with Crippen molar-refractivity contribution in [1.82, 2.24) is 4.31 Å². The lowest BCUT2D eigenvalue weighted by molar-refractivity contribution is -0.118. The summed E-state index contributed by atoms with van der Waals surface area (Å²) in [6.45, 7) is 6.17. The van der Waals surface area contributed by atoms with Gasteiger partial charge in [0.05, 0.1) is 4.90 Å². The lowest BCUT2D eigenvalue weighted by atomic mass is 10.2. The molecule has 6 nitrogen and oxygen atoms in total. The fraction of sp³-hybridized carbons (Fsp3) is 0.316. The van der Waals surface area contributed by atoms with E-state index in [1.165, 1.54) is 16.4 Å². The van der Waals surface area contributed by atoms with Crippen LogP contribution in [0, 0.1) is 6.92 Å². The van der Waals surface area contributed by atoms with E-state index in [1.807, 2.05) is 31.2 Å². The maximum Gasteiger partial charge on any atom is 0.262 e. The SMILES string of the molecule is CCN(CC)S(=O)(=O)c1ccc(OCC(=O)Nc2ccccc2C)cc1. The van der Waals surface area contributed by atoms with Crippen LogP contribution in [0.15, 0.2) is 53.4 Å². The van der Waals surface area contributed by atoms with Crippen molar-refractivity contribution in [3.63, 3.8) is 0 Å². The number of aryl methyl sites for hydroxylation is 1. The van der Waals surface area contributed by atoms with Gasteiger partial charge in [0, 0.05) is 18.8 Å². The van der Waals surface area contributed by atoms with E-state index in [0.29, 0.717) is 18.8 Å². The molecule has 7 heteroatoms.